The van der Waals surface area contributed by atoms with E-state index >= 15 is 0 Å². The van der Waals surface area contributed by atoms with Crippen molar-refractivity contribution in [3.63, 3.8) is 0 Å². The Morgan fingerprint density at radius 3 is 2.44 bits per heavy atom. The number of allylic oxidation sites excluding steroid dienone is 1. The molecule has 0 saturated heterocycles. The Hall–Kier alpha value is -1.81. The highest BCUT2D eigenvalue weighted by molar-refractivity contribution is 6.00. The minimum absolute atomic E-state index is 0.298. The predicted octanol–water partition coefficient (Wildman–Crippen LogP) is 3.19. The molecule has 0 unspecified atom stereocenters. The first-order chi connectivity index (χ1) is 7.79. The zero-order chi connectivity index (χ0) is 11.4. The highest BCUT2D eigenvalue weighted by atomic mass is 16.1. The number of hydrogen-bond acceptors (Lipinski definition) is 1. The van der Waals surface area contributed by atoms with E-state index in [1.807, 2.05) is 30.3 Å². The number of ketones is 1. The van der Waals surface area contributed by atoms with Crippen LogP contribution in [-0.2, 0) is 4.79 Å². The van der Waals surface area contributed by atoms with Gasteiger partial charge in [0.05, 0.1) is 0 Å². The standard InChI is InChI=1S/C15H14O/c1-2-12-7-9-13(10-8-12)11-14-5-3-4-6-15(14)16/h1,7-11H,3-6H2/b14-11-. The van der Waals surface area contributed by atoms with E-state index in [1.54, 1.807) is 0 Å². The summed E-state index contributed by atoms with van der Waals surface area (Å²) in [6.45, 7) is 0. The predicted molar refractivity (Wildman–Crippen MR) is 65.8 cm³/mol. The van der Waals surface area contributed by atoms with Gasteiger partial charge in [-0.25, -0.2) is 0 Å². The van der Waals surface area contributed by atoms with Crippen molar-refractivity contribution >= 4 is 11.9 Å². The first kappa shape index (κ1) is 10.7. The summed E-state index contributed by atoms with van der Waals surface area (Å²) in [5.74, 6) is 2.88. The fraction of sp³-hybridized carbons (Fsp3) is 0.267. The SMILES string of the molecule is C#Cc1ccc(/C=C2/CCCCC2=O)cc1. The summed E-state index contributed by atoms with van der Waals surface area (Å²) in [4.78, 5) is 11.6. The molecule has 0 aliphatic heterocycles. The molecule has 0 atom stereocenters. The fourth-order valence-electron chi connectivity index (χ4n) is 1.93. The van der Waals surface area contributed by atoms with Crippen LogP contribution in [0.2, 0.25) is 0 Å². The lowest BCUT2D eigenvalue weighted by Gasteiger charge is -2.12. The third-order valence-electron chi connectivity index (χ3n) is 2.88. The lowest BCUT2D eigenvalue weighted by molar-refractivity contribution is -0.116. The third-order valence-corrected chi connectivity index (χ3v) is 2.88. The van der Waals surface area contributed by atoms with Gasteiger partial charge < -0.3 is 0 Å². The van der Waals surface area contributed by atoms with E-state index in [0.717, 1.165) is 36.0 Å². The summed E-state index contributed by atoms with van der Waals surface area (Å²) in [6.07, 6.45) is 11.0. The maximum absolute atomic E-state index is 11.6. The molecule has 1 heteroatoms. The summed E-state index contributed by atoms with van der Waals surface area (Å²) in [5, 5.41) is 0. The molecule has 0 amide bonds. The third kappa shape index (κ3) is 2.41. The lowest BCUT2D eigenvalue weighted by Crippen LogP contribution is -2.07. The van der Waals surface area contributed by atoms with Crippen molar-refractivity contribution < 1.29 is 4.79 Å². The number of carbonyl (C=O) groups excluding carboxylic acids is 1. The monoisotopic (exact) mass is 210 g/mol. The highest BCUT2D eigenvalue weighted by Gasteiger charge is 2.14. The summed E-state index contributed by atoms with van der Waals surface area (Å²) in [6, 6.07) is 7.73. The quantitative estimate of drug-likeness (QED) is 0.514. The van der Waals surface area contributed by atoms with Crippen LogP contribution in [-0.4, -0.2) is 5.78 Å². The molecule has 16 heavy (non-hydrogen) atoms. The van der Waals surface area contributed by atoms with Gasteiger partial charge >= 0.3 is 0 Å². The summed E-state index contributed by atoms with van der Waals surface area (Å²) in [7, 11) is 0. The molecule has 1 saturated carbocycles. The minimum Gasteiger partial charge on any atom is -0.295 e. The van der Waals surface area contributed by atoms with Gasteiger partial charge in [-0.15, -0.1) is 6.42 Å². The Balaban J connectivity index is 2.21. The molecule has 1 aromatic rings. The molecule has 0 bridgehead atoms. The Kier molecular flexibility index (Phi) is 3.22. The fourth-order valence-corrected chi connectivity index (χ4v) is 1.93. The van der Waals surface area contributed by atoms with Crippen molar-refractivity contribution in [2.24, 2.45) is 0 Å². The van der Waals surface area contributed by atoms with E-state index in [4.69, 9.17) is 6.42 Å². The molecule has 80 valence electrons. The van der Waals surface area contributed by atoms with Gasteiger partial charge in [0.25, 0.3) is 0 Å². The van der Waals surface area contributed by atoms with Crippen LogP contribution in [0.15, 0.2) is 29.8 Å². The number of rotatable bonds is 1. The van der Waals surface area contributed by atoms with Crippen molar-refractivity contribution in [2.45, 2.75) is 25.7 Å². The van der Waals surface area contributed by atoms with Gasteiger partial charge in [0, 0.05) is 12.0 Å². The van der Waals surface area contributed by atoms with Crippen molar-refractivity contribution in [3.8, 4) is 12.3 Å². The van der Waals surface area contributed by atoms with E-state index in [-0.39, 0.29) is 0 Å². The normalized spacial score (nSPS) is 18.4. The first-order valence-corrected chi connectivity index (χ1v) is 5.60. The summed E-state index contributed by atoms with van der Waals surface area (Å²) < 4.78 is 0. The molecule has 1 aromatic carbocycles. The van der Waals surface area contributed by atoms with E-state index in [0.29, 0.717) is 12.2 Å². The minimum atomic E-state index is 0.298. The molecular formula is C15H14O. The zero-order valence-electron chi connectivity index (χ0n) is 9.20. The Labute approximate surface area is 96.2 Å². The van der Waals surface area contributed by atoms with Gasteiger partial charge in [-0.2, -0.15) is 0 Å². The largest absolute Gasteiger partial charge is 0.295 e. The van der Waals surface area contributed by atoms with E-state index in [2.05, 4.69) is 5.92 Å². The molecule has 0 radical (unpaired) electrons. The Morgan fingerprint density at radius 1 is 1.12 bits per heavy atom. The van der Waals surface area contributed by atoms with E-state index in [1.165, 1.54) is 0 Å². The molecular weight excluding hydrogens is 196 g/mol. The van der Waals surface area contributed by atoms with Crippen LogP contribution in [0, 0.1) is 12.3 Å². The molecule has 1 fully saturated rings. The van der Waals surface area contributed by atoms with Gasteiger partial charge in [-0.3, -0.25) is 4.79 Å². The molecule has 0 N–H and O–H groups in total. The van der Waals surface area contributed by atoms with Crippen LogP contribution in [0.4, 0.5) is 0 Å². The van der Waals surface area contributed by atoms with Crippen molar-refractivity contribution in [2.75, 3.05) is 0 Å². The van der Waals surface area contributed by atoms with Gasteiger partial charge in [0.15, 0.2) is 5.78 Å². The second-order valence-corrected chi connectivity index (χ2v) is 4.07. The van der Waals surface area contributed by atoms with Gasteiger partial charge in [0.2, 0.25) is 0 Å². The maximum Gasteiger partial charge on any atom is 0.158 e. The van der Waals surface area contributed by atoms with E-state index in [9.17, 15) is 4.79 Å². The number of benzene rings is 1. The Bertz CT molecular complexity index is 457. The second-order valence-electron chi connectivity index (χ2n) is 4.07. The molecule has 0 aromatic heterocycles. The zero-order valence-corrected chi connectivity index (χ0v) is 9.20. The van der Waals surface area contributed by atoms with Crippen LogP contribution in [0.3, 0.4) is 0 Å². The number of hydrogen-bond donors (Lipinski definition) is 0. The highest BCUT2D eigenvalue weighted by Crippen LogP contribution is 2.22. The average molecular weight is 210 g/mol. The molecule has 1 aliphatic rings. The van der Waals surface area contributed by atoms with Gasteiger partial charge in [-0.1, -0.05) is 18.1 Å². The first-order valence-electron chi connectivity index (χ1n) is 5.60. The molecule has 2 rings (SSSR count). The van der Waals surface area contributed by atoms with Crippen LogP contribution in [0.5, 0.6) is 0 Å². The maximum atomic E-state index is 11.6. The summed E-state index contributed by atoms with van der Waals surface area (Å²) in [5.41, 5.74) is 2.89. The van der Waals surface area contributed by atoms with Crippen molar-refractivity contribution in [1.82, 2.24) is 0 Å². The van der Waals surface area contributed by atoms with Crippen molar-refractivity contribution in [3.05, 3.63) is 41.0 Å². The van der Waals surface area contributed by atoms with Gasteiger partial charge in [0.1, 0.15) is 0 Å². The van der Waals surface area contributed by atoms with Crippen LogP contribution < -0.4 is 0 Å². The van der Waals surface area contributed by atoms with Gasteiger partial charge in [-0.05, 0) is 48.6 Å². The lowest BCUT2D eigenvalue weighted by atomic mass is 9.92. The molecule has 0 spiro atoms. The number of Topliss-reactive ketones (excluding diaryl/α,β-unsaturated/α-hetero) is 1. The Morgan fingerprint density at radius 2 is 1.81 bits per heavy atom. The number of carbonyl (C=O) groups is 1. The molecule has 0 heterocycles. The van der Waals surface area contributed by atoms with E-state index < -0.39 is 0 Å². The topological polar surface area (TPSA) is 17.1 Å². The second kappa shape index (κ2) is 4.81. The van der Waals surface area contributed by atoms with Crippen LogP contribution >= 0.6 is 0 Å². The number of terminal acetylenes is 1. The summed E-state index contributed by atoms with van der Waals surface area (Å²) >= 11 is 0. The van der Waals surface area contributed by atoms with Crippen LogP contribution in [0.25, 0.3) is 6.08 Å². The van der Waals surface area contributed by atoms with Crippen LogP contribution in [0.1, 0.15) is 36.8 Å². The van der Waals surface area contributed by atoms with Crippen molar-refractivity contribution in [1.29, 1.82) is 0 Å². The smallest absolute Gasteiger partial charge is 0.158 e. The molecule has 1 nitrogen and oxygen atoms in total. The average Bonchev–Trinajstić information content (AvgIpc) is 2.33. The molecule has 1 aliphatic carbocycles.